The van der Waals surface area contributed by atoms with E-state index in [1.807, 2.05) is 41.8 Å². The minimum Gasteiger partial charge on any atom is -0.497 e. The van der Waals surface area contributed by atoms with Gasteiger partial charge in [-0.1, -0.05) is 24.3 Å². The first kappa shape index (κ1) is 19.8. The number of methoxy groups -OCH3 is 3. The van der Waals surface area contributed by atoms with Gasteiger partial charge in [-0.15, -0.1) is 11.3 Å². The Balaban J connectivity index is 1.95. The maximum atomic E-state index is 13.4. The summed E-state index contributed by atoms with van der Waals surface area (Å²) in [7, 11) is 4.77. The van der Waals surface area contributed by atoms with Crippen molar-refractivity contribution in [3.8, 4) is 17.2 Å². The van der Waals surface area contributed by atoms with Crippen LogP contribution in [0.4, 0.5) is 0 Å². The average Bonchev–Trinajstić information content (AvgIpc) is 3.25. The van der Waals surface area contributed by atoms with Crippen LogP contribution >= 0.6 is 11.3 Å². The van der Waals surface area contributed by atoms with Gasteiger partial charge in [-0.2, -0.15) is 0 Å². The highest BCUT2D eigenvalue weighted by Crippen LogP contribution is 2.28. The van der Waals surface area contributed by atoms with Gasteiger partial charge in [0.25, 0.3) is 5.91 Å². The van der Waals surface area contributed by atoms with E-state index in [0.717, 1.165) is 16.2 Å². The van der Waals surface area contributed by atoms with Crippen molar-refractivity contribution in [3.05, 3.63) is 76.0 Å². The molecule has 3 rings (SSSR count). The smallest absolute Gasteiger partial charge is 0.258 e. The molecule has 0 fully saturated rings. The quantitative estimate of drug-likeness (QED) is 0.557. The molecule has 0 spiro atoms. The second-order valence-electron chi connectivity index (χ2n) is 6.12. The maximum Gasteiger partial charge on any atom is 0.258 e. The number of rotatable bonds is 8. The molecule has 0 aliphatic rings. The largest absolute Gasteiger partial charge is 0.497 e. The van der Waals surface area contributed by atoms with E-state index in [1.165, 1.54) is 0 Å². The number of benzene rings is 2. The number of thiophene rings is 1. The minimum atomic E-state index is -0.112. The van der Waals surface area contributed by atoms with Crippen LogP contribution in [0.3, 0.4) is 0 Å². The fourth-order valence-corrected chi connectivity index (χ4v) is 3.69. The number of carbonyl (C=O) groups excluding carboxylic acids is 1. The monoisotopic (exact) mass is 397 g/mol. The summed E-state index contributed by atoms with van der Waals surface area (Å²) in [5.41, 5.74) is 1.44. The van der Waals surface area contributed by atoms with Gasteiger partial charge in [-0.3, -0.25) is 4.79 Å². The fourth-order valence-electron chi connectivity index (χ4n) is 2.97. The first-order valence-electron chi connectivity index (χ1n) is 8.81. The molecule has 5 nitrogen and oxygen atoms in total. The average molecular weight is 397 g/mol. The minimum absolute atomic E-state index is 0.112. The van der Waals surface area contributed by atoms with E-state index in [2.05, 4.69) is 0 Å². The molecular weight excluding hydrogens is 374 g/mol. The highest BCUT2D eigenvalue weighted by atomic mass is 32.1. The lowest BCUT2D eigenvalue weighted by Gasteiger charge is -2.24. The van der Waals surface area contributed by atoms with Gasteiger partial charge in [0, 0.05) is 16.5 Å². The number of para-hydroxylation sites is 1. The Morgan fingerprint density at radius 2 is 1.68 bits per heavy atom. The molecule has 0 unspecified atom stereocenters. The molecule has 0 radical (unpaired) electrons. The second-order valence-corrected chi connectivity index (χ2v) is 7.15. The number of ether oxygens (including phenoxy) is 3. The molecule has 1 heterocycles. The van der Waals surface area contributed by atoms with Gasteiger partial charge >= 0.3 is 0 Å². The van der Waals surface area contributed by atoms with Crippen LogP contribution in [0.15, 0.2) is 60.0 Å². The third-order valence-electron chi connectivity index (χ3n) is 4.41. The summed E-state index contributed by atoms with van der Waals surface area (Å²) in [4.78, 5) is 16.3. The van der Waals surface area contributed by atoms with E-state index < -0.39 is 0 Å². The van der Waals surface area contributed by atoms with Crippen molar-refractivity contribution in [2.75, 3.05) is 21.3 Å². The second kappa shape index (κ2) is 9.28. The molecule has 0 aliphatic heterocycles. The van der Waals surface area contributed by atoms with Crippen molar-refractivity contribution in [1.29, 1.82) is 0 Å². The maximum absolute atomic E-state index is 13.4. The summed E-state index contributed by atoms with van der Waals surface area (Å²) in [6.45, 7) is 0.930. The Hall–Kier alpha value is -2.99. The molecule has 2 aromatic carbocycles. The van der Waals surface area contributed by atoms with E-state index >= 15 is 0 Å². The Labute approximate surface area is 169 Å². The van der Waals surface area contributed by atoms with Gasteiger partial charge in [0.05, 0.1) is 40.0 Å². The molecule has 0 aliphatic carbocycles. The Morgan fingerprint density at radius 1 is 0.893 bits per heavy atom. The molecule has 6 heteroatoms. The van der Waals surface area contributed by atoms with E-state index in [4.69, 9.17) is 14.2 Å². The third kappa shape index (κ3) is 4.46. The van der Waals surface area contributed by atoms with Crippen molar-refractivity contribution >= 4 is 17.2 Å². The molecule has 0 bridgehead atoms. The normalized spacial score (nSPS) is 10.4. The summed E-state index contributed by atoms with van der Waals surface area (Å²) in [6, 6.07) is 17.0. The molecule has 1 amide bonds. The summed E-state index contributed by atoms with van der Waals surface area (Å²) in [5, 5.41) is 2.01. The van der Waals surface area contributed by atoms with E-state index in [-0.39, 0.29) is 5.91 Å². The lowest BCUT2D eigenvalue weighted by molar-refractivity contribution is 0.0727. The molecule has 0 N–H and O–H groups in total. The molecule has 0 atom stereocenters. The summed E-state index contributed by atoms with van der Waals surface area (Å²) in [6.07, 6.45) is 0. The van der Waals surface area contributed by atoms with Crippen LogP contribution < -0.4 is 14.2 Å². The Morgan fingerprint density at radius 3 is 2.36 bits per heavy atom. The molecule has 1 aromatic heterocycles. The zero-order valence-corrected chi connectivity index (χ0v) is 17.0. The molecule has 0 saturated heterocycles. The van der Waals surface area contributed by atoms with Crippen LogP contribution in [-0.4, -0.2) is 32.1 Å². The van der Waals surface area contributed by atoms with E-state index in [1.54, 1.807) is 55.8 Å². The van der Waals surface area contributed by atoms with Gasteiger partial charge in [0.15, 0.2) is 0 Å². The van der Waals surface area contributed by atoms with Crippen molar-refractivity contribution in [2.45, 2.75) is 13.1 Å². The zero-order chi connectivity index (χ0) is 19.9. The molecular formula is C22H23NO4S. The standard InChI is InChI=1S/C22H23NO4S/c1-25-17-10-11-19(21(13-17)27-3)22(24)23(15-18-8-6-12-28-18)14-16-7-4-5-9-20(16)26-2/h4-13H,14-15H2,1-3H3. The van der Waals surface area contributed by atoms with Gasteiger partial charge in [0.1, 0.15) is 17.2 Å². The van der Waals surface area contributed by atoms with Crippen LogP contribution in [0.5, 0.6) is 17.2 Å². The van der Waals surface area contributed by atoms with Crippen molar-refractivity contribution in [2.24, 2.45) is 0 Å². The predicted octanol–water partition coefficient (Wildman–Crippen LogP) is 4.62. The topological polar surface area (TPSA) is 48.0 Å². The van der Waals surface area contributed by atoms with Gasteiger partial charge in [-0.05, 0) is 29.6 Å². The predicted molar refractivity (Wildman–Crippen MR) is 110 cm³/mol. The van der Waals surface area contributed by atoms with E-state index in [9.17, 15) is 4.79 Å². The van der Waals surface area contributed by atoms with Gasteiger partial charge in [0.2, 0.25) is 0 Å². The van der Waals surface area contributed by atoms with Gasteiger partial charge < -0.3 is 19.1 Å². The molecule has 146 valence electrons. The van der Waals surface area contributed by atoms with Crippen molar-refractivity contribution in [3.63, 3.8) is 0 Å². The van der Waals surface area contributed by atoms with Crippen molar-refractivity contribution < 1.29 is 19.0 Å². The first-order chi connectivity index (χ1) is 13.7. The number of carbonyl (C=O) groups is 1. The highest BCUT2D eigenvalue weighted by Gasteiger charge is 2.22. The number of amides is 1. The summed E-state index contributed by atoms with van der Waals surface area (Å²) < 4.78 is 16.1. The number of nitrogens with zero attached hydrogens (tertiary/aromatic N) is 1. The van der Waals surface area contributed by atoms with Crippen LogP contribution in [0, 0.1) is 0 Å². The third-order valence-corrected chi connectivity index (χ3v) is 5.27. The fraction of sp³-hybridized carbons (Fsp3) is 0.227. The van der Waals surface area contributed by atoms with Crippen LogP contribution in [0.25, 0.3) is 0 Å². The summed E-state index contributed by atoms with van der Waals surface area (Å²) >= 11 is 1.62. The van der Waals surface area contributed by atoms with Crippen LogP contribution in [0.1, 0.15) is 20.8 Å². The Kier molecular flexibility index (Phi) is 6.55. The molecule has 28 heavy (non-hydrogen) atoms. The number of hydrogen-bond donors (Lipinski definition) is 0. The summed E-state index contributed by atoms with van der Waals surface area (Å²) in [5.74, 6) is 1.77. The number of hydrogen-bond acceptors (Lipinski definition) is 5. The molecule has 0 saturated carbocycles. The molecule has 3 aromatic rings. The van der Waals surface area contributed by atoms with E-state index in [0.29, 0.717) is 30.2 Å². The van der Waals surface area contributed by atoms with Crippen LogP contribution in [-0.2, 0) is 13.1 Å². The van der Waals surface area contributed by atoms with Crippen LogP contribution in [0.2, 0.25) is 0 Å². The highest BCUT2D eigenvalue weighted by molar-refractivity contribution is 7.09. The SMILES string of the molecule is COc1ccc(C(=O)N(Cc2cccs2)Cc2ccccc2OC)c(OC)c1. The van der Waals surface area contributed by atoms with Crippen molar-refractivity contribution in [1.82, 2.24) is 4.90 Å². The lowest BCUT2D eigenvalue weighted by Crippen LogP contribution is -2.30. The van der Waals surface area contributed by atoms with Gasteiger partial charge in [-0.25, -0.2) is 0 Å². The zero-order valence-electron chi connectivity index (χ0n) is 16.2. The Bertz CT molecular complexity index is 924. The first-order valence-corrected chi connectivity index (χ1v) is 9.69. The lowest BCUT2D eigenvalue weighted by atomic mass is 10.1.